The molecule has 162 valence electrons. The molecule has 10 heteroatoms. The Morgan fingerprint density at radius 3 is 2.26 bits per heavy atom. The number of halogens is 5. The van der Waals surface area contributed by atoms with Gasteiger partial charge in [0.25, 0.3) is 0 Å². The molecular formula is C21H14F5NO3S. The number of ether oxygens (including phenoxy) is 2. The standard InChI is InChI=1S/C21H14F5NO3S/c1-10-9-31-21(27-10)12(7-28)5-11-3-4-13(6-15(11)29-2)30-8-14-16(22)18(24)20(26)19(25)17(14)23/h3-7,9H,8H2,1-2H3/b12-5+. The van der Waals surface area contributed by atoms with E-state index in [9.17, 15) is 26.7 Å². The third-order valence-electron chi connectivity index (χ3n) is 4.19. The smallest absolute Gasteiger partial charge is 0.200 e. The van der Waals surface area contributed by atoms with E-state index in [4.69, 9.17) is 9.47 Å². The minimum Gasteiger partial charge on any atom is -0.496 e. The first-order valence-electron chi connectivity index (χ1n) is 8.67. The molecule has 3 rings (SSSR count). The normalized spacial score (nSPS) is 11.5. The number of thiazole rings is 1. The topological polar surface area (TPSA) is 48.4 Å². The molecule has 31 heavy (non-hydrogen) atoms. The number of aromatic nitrogens is 1. The zero-order valence-corrected chi connectivity index (χ0v) is 17.0. The van der Waals surface area contributed by atoms with Gasteiger partial charge in [0.05, 0.1) is 18.2 Å². The van der Waals surface area contributed by atoms with E-state index in [1.165, 1.54) is 42.7 Å². The fourth-order valence-corrected chi connectivity index (χ4v) is 3.41. The molecule has 0 saturated heterocycles. The van der Waals surface area contributed by atoms with E-state index in [-0.39, 0.29) is 11.5 Å². The van der Waals surface area contributed by atoms with Crippen LogP contribution >= 0.6 is 11.3 Å². The van der Waals surface area contributed by atoms with Crippen molar-refractivity contribution in [3.63, 3.8) is 0 Å². The largest absolute Gasteiger partial charge is 0.496 e. The Bertz CT molecular complexity index is 1150. The predicted molar refractivity (Wildman–Crippen MR) is 104 cm³/mol. The zero-order valence-electron chi connectivity index (χ0n) is 16.1. The average Bonchev–Trinajstić information content (AvgIpc) is 3.21. The summed E-state index contributed by atoms with van der Waals surface area (Å²) < 4.78 is 77.8. The maximum atomic E-state index is 13.8. The maximum Gasteiger partial charge on any atom is 0.200 e. The molecule has 0 unspecified atom stereocenters. The van der Waals surface area contributed by atoms with Crippen molar-refractivity contribution in [1.82, 2.24) is 4.98 Å². The van der Waals surface area contributed by atoms with E-state index in [0.29, 0.717) is 22.4 Å². The van der Waals surface area contributed by atoms with Gasteiger partial charge in [0.15, 0.2) is 29.6 Å². The Morgan fingerprint density at radius 2 is 1.71 bits per heavy atom. The number of nitrogens with zero attached hydrogens (tertiary/aromatic N) is 1. The number of aryl methyl sites for hydroxylation is 1. The summed E-state index contributed by atoms with van der Waals surface area (Å²) in [4.78, 5) is 15.7. The van der Waals surface area contributed by atoms with Gasteiger partial charge in [-0.15, -0.1) is 11.3 Å². The summed E-state index contributed by atoms with van der Waals surface area (Å²) in [5, 5.41) is 2.31. The summed E-state index contributed by atoms with van der Waals surface area (Å²) in [6.45, 7) is 0.891. The molecular weight excluding hydrogens is 441 g/mol. The van der Waals surface area contributed by atoms with E-state index in [1.54, 1.807) is 12.3 Å². The highest BCUT2D eigenvalue weighted by molar-refractivity contribution is 7.11. The first-order chi connectivity index (χ1) is 14.8. The second-order valence-electron chi connectivity index (χ2n) is 6.25. The molecule has 2 aromatic carbocycles. The number of carbonyl (C=O) groups is 1. The van der Waals surface area contributed by atoms with E-state index in [1.807, 2.05) is 0 Å². The lowest BCUT2D eigenvalue weighted by atomic mass is 10.1. The van der Waals surface area contributed by atoms with Crippen molar-refractivity contribution in [3.8, 4) is 11.5 Å². The fourth-order valence-electron chi connectivity index (χ4n) is 2.63. The van der Waals surface area contributed by atoms with Gasteiger partial charge >= 0.3 is 0 Å². The predicted octanol–water partition coefficient (Wildman–Crippen LogP) is 5.47. The summed E-state index contributed by atoms with van der Waals surface area (Å²) in [5.74, 6) is -9.95. The molecule has 0 radical (unpaired) electrons. The monoisotopic (exact) mass is 455 g/mol. The van der Waals surface area contributed by atoms with Gasteiger partial charge in [0.1, 0.15) is 23.1 Å². The molecule has 1 aromatic heterocycles. The summed E-state index contributed by atoms with van der Waals surface area (Å²) in [5.41, 5.74) is 0.464. The molecule has 0 aliphatic heterocycles. The van der Waals surface area contributed by atoms with Crippen LogP contribution in [0.15, 0.2) is 23.6 Å². The molecule has 0 bridgehead atoms. The first kappa shape index (κ1) is 22.4. The SMILES string of the molecule is COc1cc(OCc2c(F)c(F)c(F)c(F)c2F)ccc1/C=C(\C=O)c1nc(C)cs1. The van der Waals surface area contributed by atoms with Crippen molar-refractivity contribution >= 4 is 29.3 Å². The number of hydrogen-bond donors (Lipinski definition) is 0. The van der Waals surface area contributed by atoms with E-state index < -0.39 is 41.3 Å². The fraction of sp³-hybridized carbons (Fsp3) is 0.143. The lowest BCUT2D eigenvalue weighted by Crippen LogP contribution is -2.10. The number of carbonyl (C=O) groups excluding carboxylic acids is 1. The molecule has 0 aliphatic rings. The van der Waals surface area contributed by atoms with Crippen molar-refractivity contribution in [3.05, 3.63) is 74.5 Å². The van der Waals surface area contributed by atoms with Gasteiger partial charge in [-0.2, -0.15) is 0 Å². The minimum absolute atomic E-state index is 0.0516. The van der Waals surface area contributed by atoms with Crippen LogP contribution < -0.4 is 9.47 Å². The van der Waals surface area contributed by atoms with Crippen LogP contribution in [0.2, 0.25) is 0 Å². The van der Waals surface area contributed by atoms with E-state index in [2.05, 4.69) is 4.98 Å². The average molecular weight is 455 g/mol. The van der Waals surface area contributed by atoms with Crippen LogP contribution in [-0.2, 0) is 11.4 Å². The Kier molecular flexibility index (Phi) is 6.69. The number of hydrogen-bond acceptors (Lipinski definition) is 5. The van der Waals surface area contributed by atoms with Crippen LogP contribution in [-0.4, -0.2) is 18.4 Å². The molecule has 1 heterocycles. The Morgan fingerprint density at radius 1 is 1.06 bits per heavy atom. The highest BCUT2D eigenvalue weighted by atomic mass is 32.1. The van der Waals surface area contributed by atoms with Gasteiger partial charge in [0.2, 0.25) is 5.82 Å². The minimum atomic E-state index is -2.24. The van der Waals surface area contributed by atoms with Crippen LogP contribution in [0.3, 0.4) is 0 Å². The van der Waals surface area contributed by atoms with Crippen LogP contribution in [0.5, 0.6) is 11.5 Å². The second kappa shape index (κ2) is 9.25. The second-order valence-corrected chi connectivity index (χ2v) is 7.11. The lowest BCUT2D eigenvalue weighted by molar-refractivity contribution is -0.103. The van der Waals surface area contributed by atoms with Crippen molar-refractivity contribution in [2.24, 2.45) is 0 Å². The maximum absolute atomic E-state index is 13.8. The Hall–Kier alpha value is -3.27. The quantitative estimate of drug-likeness (QED) is 0.156. The van der Waals surface area contributed by atoms with Gasteiger partial charge in [0, 0.05) is 22.7 Å². The van der Waals surface area contributed by atoms with Crippen molar-refractivity contribution < 1.29 is 36.2 Å². The van der Waals surface area contributed by atoms with Gasteiger partial charge in [-0.3, -0.25) is 4.79 Å². The van der Waals surface area contributed by atoms with Crippen molar-refractivity contribution in [2.45, 2.75) is 13.5 Å². The molecule has 0 saturated carbocycles. The van der Waals surface area contributed by atoms with Gasteiger partial charge in [-0.1, -0.05) is 0 Å². The van der Waals surface area contributed by atoms with Crippen LogP contribution in [0.1, 0.15) is 21.8 Å². The third-order valence-corrected chi connectivity index (χ3v) is 5.20. The van der Waals surface area contributed by atoms with Crippen LogP contribution in [0.4, 0.5) is 22.0 Å². The van der Waals surface area contributed by atoms with Crippen LogP contribution in [0, 0.1) is 36.0 Å². The van der Waals surface area contributed by atoms with Crippen molar-refractivity contribution in [2.75, 3.05) is 7.11 Å². The molecule has 0 amide bonds. The Labute approximate surface area is 177 Å². The first-order valence-corrected chi connectivity index (χ1v) is 9.55. The number of methoxy groups -OCH3 is 1. The van der Waals surface area contributed by atoms with Gasteiger partial charge in [-0.25, -0.2) is 26.9 Å². The highest BCUT2D eigenvalue weighted by Crippen LogP contribution is 2.30. The molecule has 0 spiro atoms. The Balaban J connectivity index is 1.88. The molecule has 0 N–H and O–H groups in total. The number of aldehydes is 1. The molecule has 4 nitrogen and oxygen atoms in total. The molecule has 0 aliphatic carbocycles. The van der Waals surface area contributed by atoms with Gasteiger partial charge in [-0.05, 0) is 25.1 Å². The van der Waals surface area contributed by atoms with Crippen molar-refractivity contribution in [1.29, 1.82) is 0 Å². The van der Waals surface area contributed by atoms with Crippen LogP contribution in [0.25, 0.3) is 11.6 Å². The third kappa shape index (κ3) is 4.58. The van der Waals surface area contributed by atoms with E-state index >= 15 is 0 Å². The lowest BCUT2D eigenvalue weighted by Gasteiger charge is -2.12. The summed E-state index contributed by atoms with van der Waals surface area (Å²) in [7, 11) is 1.36. The summed E-state index contributed by atoms with van der Waals surface area (Å²) in [6.07, 6.45) is 2.18. The zero-order chi connectivity index (χ0) is 22.7. The van der Waals surface area contributed by atoms with E-state index in [0.717, 1.165) is 5.69 Å². The number of benzene rings is 2. The summed E-state index contributed by atoms with van der Waals surface area (Å²) in [6, 6.07) is 4.26. The molecule has 0 fully saturated rings. The van der Waals surface area contributed by atoms with Gasteiger partial charge < -0.3 is 9.47 Å². The summed E-state index contributed by atoms with van der Waals surface area (Å²) >= 11 is 1.29. The molecule has 0 atom stereocenters. The molecule has 3 aromatic rings. The number of allylic oxidation sites excluding steroid dienone is 1. The number of rotatable bonds is 7. The highest BCUT2D eigenvalue weighted by Gasteiger charge is 2.26.